The lowest BCUT2D eigenvalue weighted by Gasteiger charge is -2.32. The van der Waals surface area contributed by atoms with Crippen molar-refractivity contribution in [3.63, 3.8) is 0 Å². The van der Waals surface area contributed by atoms with Crippen LogP contribution in [-0.4, -0.2) is 23.3 Å². The quantitative estimate of drug-likeness (QED) is 0.697. The van der Waals surface area contributed by atoms with Crippen LogP contribution in [-0.2, 0) is 21.7 Å². The fourth-order valence-electron chi connectivity index (χ4n) is 2.39. The van der Waals surface area contributed by atoms with Gasteiger partial charge in [-0.05, 0) is 18.9 Å². The van der Waals surface area contributed by atoms with Gasteiger partial charge in [0, 0.05) is 17.7 Å². The number of pyridine rings is 1. The smallest absolute Gasteiger partial charge is 0.196 e. The number of hydrogen-bond acceptors (Lipinski definition) is 4. The zero-order valence-corrected chi connectivity index (χ0v) is 8.40. The predicted octanol–water partition coefficient (Wildman–Crippen LogP) is 1.32. The van der Waals surface area contributed by atoms with Crippen LogP contribution in [0.4, 0.5) is 0 Å². The second-order valence-electron chi connectivity index (χ2n) is 3.99. The highest BCUT2D eigenvalue weighted by molar-refractivity contribution is 5.34. The van der Waals surface area contributed by atoms with Crippen molar-refractivity contribution < 1.29 is 14.6 Å². The van der Waals surface area contributed by atoms with Crippen LogP contribution in [0.1, 0.15) is 24.1 Å². The second-order valence-corrected chi connectivity index (χ2v) is 3.99. The van der Waals surface area contributed by atoms with E-state index in [1.807, 2.05) is 0 Å². The normalized spacial score (nSPS) is 22.9. The minimum Gasteiger partial charge on any atom is -0.506 e. The van der Waals surface area contributed by atoms with Gasteiger partial charge in [-0.15, -0.1) is 0 Å². The fourth-order valence-corrected chi connectivity index (χ4v) is 2.39. The van der Waals surface area contributed by atoms with Gasteiger partial charge in [-0.1, -0.05) is 0 Å². The highest BCUT2D eigenvalue weighted by Crippen LogP contribution is 2.42. The Balaban J connectivity index is 2.12. The molecule has 1 N–H and O–H groups in total. The summed E-state index contributed by atoms with van der Waals surface area (Å²) in [5.41, 5.74) is 1.90. The van der Waals surface area contributed by atoms with Gasteiger partial charge in [0.05, 0.1) is 19.4 Å². The first-order valence-electron chi connectivity index (χ1n) is 5.26. The van der Waals surface area contributed by atoms with Crippen LogP contribution in [0.5, 0.6) is 5.75 Å². The van der Waals surface area contributed by atoms with E-state index in [-0.39, 0.29) is 5.75 Å². The van der Waals surface area contributed by atoms with Crippen LogP contribution < -0.4 is 0 Å². The Morgan fingerprint density at radius 3 is 2.93 bits per heavy atom. The molecule has 1 fully saturated rings. The Hall–Kier alpha value is -1.13. The predicted molar refractivity (Wildman–Crippen MR) is 52.4 cm³/mol. The molecule has 1 aliphatic heterocycles. The third-order valence-corrected chi connectivity index (χ3v) is 3.04. The largest absolute Gasteiger partial charge is 0.506 e. The van der Waals surface area contributed by atoms with Gasteiger partial charge in [0.15, 0.2) is 5.79 Å². The lowest BCUT2D eigenvalue weighted by Crippen LogP contribution is -2.32. The zero-order valence-electron chi connectivity index (χ0n) is 8.40. The minimum atomic E-state index is -0.626. The molecule has 2 heterocycles. The first kappa shape index (κ1) is 9.12. The maximum atomic E-state index is 9.46. The summed E-state index contributed by atoms with van der Waals surface area (Å²) in [5, 5.41) is 9.46. The van der Waals surface area contributed by atoms with E-state index in [9.17, 15) is 5.11 Å². The Kier molecular flexibility index (Phi) is 1.94. The Bertz CT molecular complexity index is 385. The van der Waals surface area contributed by atoms with Gasteiger partial charge in [-0.3, -0.25) is 4.98 Å². The van der Waals surface area contributed by atoms with E-state index in [4.69, 9.17) is 9.47 Å². The number of aromatic hydroxyl groups is 1. The van der Waals surface area contributed by atoms with Gasteiger partial charge < -0.3 is 14.6 Å². The molecule has 0 atom stereocenters. The minimum absolute atomic E-state index is 0.175. The van der Waals surface area contributed by atoms with Gasteiger partial charge in [-0.2, -0.15) is 0 Å². The van der Waals surface area contributed by atoms with E-state index in [2.05, 4.69) is 4.98 Å². The van der Waals surface area contributed by atoms with E-state index in [0.29, 0.717) is 13.2 Å². The first-order valence-corrected chi connectivity index (χ1v) is 5.26. The molecule has 15 heavy (non-hydrogen) atoms. The molecular weight excluding hydrogens is 194 g/mol. The van der Waals surface area contributed by atoms with Crippen LogP contribution in [0, 0.1) is 0 Å². The number of aromatic nitrogens is 1. The number of rotatable bonds is 0. The molecule has 0 aromatic carbocycles. The number of ether oxygens (including phenoxy) is 2. The van der Waals surface area contributed by atoms with Crippen LogP contribution in [0.3, 0.4) is 0 Å². The van der Waals surface area contributed by atoms with Crippen LogP contribution in [0.15, 0.2) is 12.3 Å². The van der Waals surface area contributed by atoms with Crippen molar-refractivity contribution >= 4 is 0 Å². The molecule has 1 saturated heterocycles. The number of aryl methyl sites for hydroxylation is 1. The van der Waals surface area contributed by atoms with E-state index in [1.54, 1.807) is 6.07 Å². The van der Waals surface area contributed by atoms with Crippen molar-refractivity contribution in [2.45, 2.75) is 25.0 Å². The molecule has 1 spiro atoms. The summed E-state index contributed by atoms with van der Waals surface area (Å²) in [5.74, 6) is -0.451. The SMILES string of the molecule is Oc1cnc2c(c1)C1(CCC2)OCCO1. The Labute approximate surface area is 87.9 Å². The van der Waals surface area contributed by atoms with Crippen LogP contribution in [0.2, 0.25) is 0 Å². The maximum absolute atomic E-state index is 9.46. The molecule has 80 valence electrons. The molecule has 1 aromatic heterocycles. The summed E-state index contributed by atoms with van der Waals surface area (Å²) >= 11 is 0. The summed E-state index contributed by atoms with van der Waals surface area (Å²) in [6.45, 7) is 1.24. The number of nitrogens with zero attached hydrogens (tertiary/aromatic N) is 1. The zero-order chi connectivity index (χ0) is 10.3. The van der Waals surface area contributed by atoms with Gasteiger partial charge >= 0.3 is 0 Å². The van der Waals surface area contributed by atoms with Gasteiger partial charge in [0.25, 0.3) is 0 Å². The highest BCUT2D eigenvalue weighted by atomic mass is 16.7. The second kappa shape index (κ2) is 3.18. The average molecular weight is 207 g/mol. The summed E-state index contributed by atoms with van der Waals surface area (Å²) in [7, 11) is 0. The molecule has 4 heteroatoms. The van der Waals surface area contributed by atoms with E-state index in [1.165, 1.54) is 6.20 Å². The lowest BCUT2D eigenvalue weighted by atomic mass is 9.90. The van der Waals surface area contributed by atoms with Crippen molar-refractivity contribution in [1.29, 1.82) is 0 Å². The molecule has 0 saturated carbocycles. The topological polar surface area (TPSA) is 51.6 Å². The molecular formula is C11H13NO3. The Morgan fingerprint density at radius 1 is 1.33 bits per heavy atom. The van der Waals surface area contributed by atoms with Gasteiger partial charge in [0.2, 0.25) is 0 Å². The fraction of sp³-hybridized carbons (Fsp3) is 0.545. The van der Waals surface area contributed by atoms with Crippen molar-refractivity contribution in [2.75, 3.05) is 13.2 Å². The molecule has 1 aromatic rings. The molecule has 3 rings (SSSR count). The van der Waals surface area contributed by atoms with Crippen LogP contribution in [0.25, 0.3) is 0 Å². The standard InChI is InChI=1S/C11H13NO3/c13-8-6-9-10(12-7-8)2-1-3-11(9)14-4-5-15-11/h6-7,13H,1-5H2. The van der Waals surface area contributed by atoms with E-state index < -0.39 is 5.79 Å². The summed E-state index contributed by atoms with van der Waals surface area (Å²) in [6.07, 6.45) is 4.28. The van der Waals surface area contributed by atoms with Gasteiger partial charge in [-0.25, -0.2) is 0 Å². The summed E-state index contributed by atoms with van der Waals surface area (Å²) < 4.78 is 11.4. The van der Waals surface area contributed by atoms with Crippen molar-refractivity contribution in [3.8, 4) is 5.75 Å². The highest BCUT2D eigenvalue weighted by Gasteiger charge is 2.42. The molecule has 0 amide bonds. The molecule has 0 unspecified atom stereocenters. The van der Waals surface area contributed by atoms with E-state index in [0.717, 1.165) is 30.5 Å². The van der Waals surface area contributed by atoms with Crippen molar-refractivity contribution in [3.05, 3.63) is 23.5 Å². The molecule has 2 aliphatic rings. The third kappa shape index (κ3) is 1.33. The molecule has 0 radical (unpaired) electrons. The van der Waals surface area contributed by atoms with Crippen molar-refractivity contribution in [2.24, 2.45) is 0 Å². The molecule has 1 aliphatic carbocycles. The lowest BCUT2D eigenvalue weighted by molar-refractivity contribution is -0.175. The monoisotopic (exact) mass is 207 g/mol. The molecule has 4 nitrogen and oxygen atoms in total. The van der Waals surface area contributed by atoms with E-state index >= 15 is 0 Å². The third-order valence-electron chi connectivity index (χ3n) is 3.04. The average Bonchev–Trinajstić information content (AvgIpc) is 2.69. The van der Waals surface area contributed by atoms with Crippen molar-refractivity contribution in [1.82, 2.24) is 4.98 Å². The maximum Gasteiger partial charge on any atom is 0.196 e. The summed E-state index contributed by atoms with van der Waals surface area (Å²) in [6, 6.07) is 1.72. The Morgan fingerprint density at radius 2 is 2.13 bits per heavy atom. The molecule has 0 bridgehead atoms. The number of fused-ring (bicyclic) bond motifs is 2. The van der Waals surface area contributed by atoms with Gasteiger partial charge in [0.1, 0.15) is 5.75 Å². The number of hydrogen-bond donors (Lipinski definition) is 1. The first-order chi connectivity index (χ1) is 7.30. The summed E-state index contributed by atoms with van der Waals surface area (Å²) in [4.78, 5) is 4.23. The van der Waals surface area contributed by atoms with Crippen LogP contribution >= 0.6 is 0 Å².